The van der Waals surface area contributed by atoms with Crippen LogP contribution >= 0.6 is 0 Å². The number of halogens is 1. The van der Waals surface area contributed by atoms with Crippen molar-refractivity contribution in [2.45, 2.75) is 25.4 Å². The minimum Gasteiger partial charge on any atom is -0.386 e. The van der Waals surface area contributed by atoms with E-state index in [2.05, 4.69) is 9.97 Å². The van der Waals surface area contributed by atoms with Crippen LogP contribution in [0.15, 0.2) is 36.7 Å². The molecule has 138 valence electrons. The molecule has 1 atom stereocenters. The molecule has 1 N–H and O–H groups in total. The van der Waals surface area contributed by atoms with Gasteiger partial charge in [-0.15, -0.1) is 0 Å². The van der Waals surface area contributed by atoms with Crippen molar-refractivity contribution in [1.82, 2.24) is 14.9 Å². The lowest BCUT2D eigenvalue weighted by Crippen LogP contribution is -2.46. The summed E-state index contributed by atoms with van der Waals surface area (Å²) in [6, 6.07) is 7.89. The van der Waals surface area contributed by atoms with E-state index in [-0.39, 0.29) is 24.7 Å². The smallest absolute Gasteiger partial charge is 0.226 e. The third kappa shape index (κ3) is 4.35. The molecule has 0 unspecified atom stereocenters. The van der Waals surface area contributed by atoms with Crippen LogP contribution < -0.4 is 4.90 Å². The quantitative estimate of drug-likeness (QED) is 0.879. The van der Waals surface area contributed by atoms with Gasteiger partial charge in [-0.25, -0.2) is 14.4 Å². The van der Waals surface area contributed by atoms with Crippen LogP contribution in [0.2, 0.25) is 0 Å². The Hall–Kier alpha value is -2.54. The number of carbonyl (C=O) groups excluding carboxylic acids is 1. The van der Waals surface area contributed by atoms with Gasteiger partial charge in [0.15, 0.2) is 0 Å². The first kappa shape index (κ1) is 18.3. The molecule has 26 heavy (non-hydrogen) atoms. The van der Waals surface area contributed by atoms with E-state index in [9.17, 15) is 14.3 Å². The number of hydrogen-bond donors (Lipinski definition) is 1. The Balaban J connectivity index is 1.60. The monoisotopic (exact) mass is 358 g/mol. The fourth-order valence-electron chi connectivity index (χ4n) is 3.28. The summed E-state index contributed by atoms with van der Waals surface area (Å²) in [6.45, 7) is 3.19. The summed E-state index contributed by atoms with van der Waals surface area (Å²) in [5.74, 6) is 0.269. The standard InChI is InChI=1S/C19H23FN4O2/c1-14-8-17(22-13-21-14)24-7-6-19(26,12-24)11-23(2)18(25)10-15-4-3-5-16(20)9-15/h3-5,8-9,13,26H,6-7,10-12H2,1-2H3/t19-/m0/s1. The summed E-state index contributed by atoms with van der Waals surface area (Å²) in [5, 5.41) is 10.9. The van der Waals surface area contributed by atoms with Crippen LogP contribution in [-0.2, 0) is 11.2 Å². The van der Waals surface area contributed by atoms with Gasteiger partial charge in [-0.2, -0.15) is 0 Å². The van der Waals surface area contributed by atoms with E-state index in [0.29, 0.717) is 25.1 Å². The second kappa shape index (κ2) is 7.37. The Morgan fingerprint density at radius 1 is 1.38 bits per heavy atom. The Labute approximate surface area is 152 Å². The van der Waals surface area contributed by atoms with Gasteiger partial charge in [-0.1, -0.05) is 12.1 Å². The van der Waals surface area contributed by atoms with Gasteiger partial charge in [-0.3, -0.25) is 4.79 Å². The molecule has 6 nitrogen and oxygen atoms in total. The highest BCUT2D eigenvalue weighted by Gasteiger charge is 2.38. The minimum atomic E-state index is -0.995. The molecule has 1 aromatic heterocycles. The second-order valence-electron chi connectivity index (χ2n) is 6.97. The van der Waals surface area contributed by atoms with Gasteiger partial charge >= 0.3 is 0 Å². The van der Waals surface area contributed by atoms with E-state index in [1.54, 1.807) is 19.2 Å². The number of hydrogen-bond acceptors (Lipinski definition) is 5. The first-order valence-corrected chi connectivity index (χ1v) is 8.59. The second-order valence-corrected chi connectivity index (χ2v) is 6.97. The first-order chi connectivity index (χ1) is 12.3. The van der Waals surface area contributed by atoms with Crippen LogP contribution in [0.5, 0.6) is 0 Å². The minimum absolute atomic E-state index is 0.110. The molecule has 0 saturated carbocycles. The molecular weight excluding hydrogens is 335 g/mol. The molecular formula is C19H23FN4O2. The molecule has 1 aromatic carbocycles. The number of rotatable bonds is 5. The number of nitrogens with zero attached hydrogens (tertiary/aromatic N) is 4. The Bertz CT molecular complexity index is 801. The number of β-amino-alcohol motifs (C(OH)–C–C–N with tert-alkyl or cyclic N) is 1. The molecule has 0 spiro atoms. The number of aliphatic hydroxyl groups is 1. The molecule has 2 heterocycles. The topological polar surface area (TPSA) is 69.6 Å². The Morgan fingerprint density at radius 2 is 2.19 bits per heavy atom. The average Bonchev–Trinajstić information content (AvgIpc) is 2.97. The maximum absolute atomic E-state index is 13.3. The van der Waals surface area contributed by atoms with Crippen molar-refractivity contribution in [3.63, 3.8) is 0 Å². The van der Waals surface area contributed by atoms with Crippen LogP contribution in [0.1, 0.15) is 17.7 Å². The maximum Gasteiger partial charge on any atom is 0.226 e. The van der Waals surface area contributed by atoms with Gasteiger partial charge in [-0.05, 0) is 31.0 Å². The van der Waals surface area contributed by atoms with Crippen molar-refractivity contribution < 1.29 is 14.3 Å². The van der Waals surface area contributed by atoms with Gasteiger partial charge in [0, 0.05) is 31.9 Å². The van der Waals surface area contributed by atoms with Crippen molar-refractivity contribution in [1.29, 1.82) is 0 Å². The molecule has 1 aliphatic heterocycles. The average molecular weight is 358 g/mol. The van der Waals surface area contributed by atoms with Crippen LogP contribution in [-0.4, -0.2) is 58.2 Å². The van der Waals surface area contributed by atoms with Crippen LogP contribution in [0.3, 0.4) is 0 Å². The van der Waals surface area contributed by atoms with E-state index in [1.807, 2.05) is 17.9 Å². The zero-order valence-corrected chi connectivity index (χ0v) is 15.0. The Kier molecular flexibility index (Phi) is 5.18. The van der Waals surface area contributed by atoms with Gasteiger partial charge in [0.1, 0.15) is 23.6 Å². The third-order valence-corrected chi connectivity index (χ3v) is 4.65. The number of aromatic nitrogens is 2. The summed E-state index contributed by atoms with van der Waals surface area (Å²) >= 11 is 0. The van der Waals surface area contributed by atoms with E-state index < -0.39 is 5.60 Å². The number of anilines is 1. The molecule has 0 aliphatic carbocycles. The highest BCUT2D eigenvalue weighted by molar-refractivity contribution is 5.78. The summed E-state index contributed by atoms with van der Waals surface area (Å²) in [7, 11) is 1.66. The van der Waals surface area contributed by atoms with Crippen molar-refractivity contribution in [3.8, 4) is 0 Å². The van der Waals surface area contributed by atoms with Gasteiger partial charge in [0.25, 0.3) is 0 Å². The lowest BCUT2D eigenvalue weighted by Gasteiger charge is -2.29. The van der Waals surface area contributed by atoms with Crippen LogP contribution in [0, 0.1) is 12.7 Å². The number of carbonyl (C=O) groups is 1. The molecule has 1 fully saturated rings. The van der Waals surface area contributed by atoms with Gasteiger partial charge < -0.3 is 14.9 Å². The highest BCUT2D eigenvalue weighted by Crippen LogP contribution is 2.26. The predicted molar refractivity (Wildman–Crippen MR) is 96.3 cm³/mol. The van der Waals surface area contributed by atoms with E-state index >= 15 is 0 Å². The van der Waals surface area contributed by atoms with E-state index in [0.717, 1.165) is 11.5 Å². The van der Waals surface area contributed by atoms with E-state index in [4.69, 9.17) is 0 Å². The van der Waals surface area contributed by atoms with Gasteiger partial charge in [0.2, 0.25) is 5.91 Å². The SMILES string of the molecule is Cc1cc(N2CC[C@](O)(CN(C)C(=O)Cc3cccc(F)c3)C2)ncn1. The number of aryl methyl sites for hydroxylation is 1. The summed E-state index contributed by atoms with van der Waals surface area (Å²) < 4.78 is 13.3. The fourth-order valence-corrected chi connectivity index (χ4v) is 3.28. The molecule has 1 amide bonds. The Morgan fingerprint density at radius 3 is 2.92 bits per heavy atom. The summed E-state index contributed by atoms with van der Waals surface area (Å²) in [6.07, 6.45) is 2.17. The lowest BCUT2D eigenvalue weighted by molar-refractivity contribution is -0.132. The maximum atomic E-state index is 13.3. The fraction of sp³-hybridized carbons (Fsp3) is 0.421. The molecule has 0 bridgehead atoms. The molecule has 1 aliphatic rings. The van der Waals surface area contributed by atoms with Crippen LogP contribution in [0.4, 0.5) is 10.2 Å². The lowest BCUT2D eigenvalue weighted by atomic mass is 10.0. The summed E-state index contributed by atoms with van der Waals surface area (Å²) in [5.41, 5.74) is 0.497. The number of likely N-dealkylation sites (N-methyl/N-ethyl adjacent to an activating group) is 1. The van der Waals surface area contributed by atoms with Crippen molar-refractivity contribution in [2.75, 3.05) is 31.6 Å². The third-order valence-electron chi connectivity index (χ3n) is 4.65. The van der Waals surface area contributed by atoms with Gasteiger partial charge in [0.05, 0.1) is 13.0 Å². The number of amides is 1. The molecule has 2 aromatic rings. The van der Waals surface area contributed by atoms with E-state index in [1.165, 1.54) is 23.4 Å². The zero-order chi connectivity index (χ0) is 18.7. The van der Waals surface area contributed by atoms with Crippen LogP contribution in [0.25, 0.3) is 0 Å². The largest absolute Gasteiger partial charge is 0.386 e. The highest BCUT2D eigenvalue weighted by atomic mass is 19.1. The number of benzene rings is 1. The molecule has 7 heteroatoms. The normalized spacial score (nSPS) is 19.6. The predicted octanol–water partition coefficient (Wildman–Crippen LogP) is 1.57. The molecule has 3 rings (SSSR count). The molecule has 1 saturated heterocycles. The summed E-state index contributed by atoms with van der Waals surface area (Å²) in [4.78, 5) is 24.3. The van der Waals surface area contributed by atoms with Crippen molar-refractivity contribution in [2.24, 2.45) is 0 Å². The first-order valence-electron chi connectivity index (χ1n) is 8.59. The van der Waals surface area contributed by atoms with Crippen molar-refractivity contribution in [3.05, 3.63) is 53.7 Å². The molecule has 0 radical (unpaired) electrons. The zero-order valence-electron chi connectivity index (χ0n) is 15.0. The van der Waals surface area contributed by atoms with Crippen molar-refractivity contribution >= 4 is 11.7 Å².